The molecule has 0 unspecified atom stereocenters. The Bertz CT molecular complexity index is 849. The number of aromatic amines is 1. The number of ether oxygens (including phenoxy) is 1. The number of piperidine rings is 1. The lowest BCUT2D eigenvalue weighted by molar-refractivity contribution is 0.0963. The van der Waals surface area contributed by atoms with Crippen LogP contribution in [0, 0.1) is 0 Å². The van der Waals surface area contributed by atoms with Crippen LogP contribution < -0.4 is 10.6 Å². The highest BCUT2D eigenvalue weighted by Crippen LogP contribution is 2.22. The largest absolute Gasteiger partial charge is 0.450 e. The lowest BCUT2D eigenvalue weighted by atomic mass is 10.1. The molecule has 1 fully saturated rings. The molecule has 0 saturated carbocycles. The fourth-order valence-corrected chi connectivity index (χ4v) is 3.75. The van der Waals surface area contributed by atoms with Crippen molar-refractivity contribution < 1.29 is 9.53 Å². The van der Waals surface area contributed by atoms with E-state index in [0.717, 1.165) is 47.7 Å². The molecule has 30 heavy (non-hydrogen) atoms. The molecule has 0 radical (unpaired) electrons. The fourth-order valence-electron chi connectivity index (χ4n) is 3.58. The van der Waals surface area contributed by atoms with Crippen molar-refractivity contribution in [3.8, 4) is 0 Å². The molecule has 0 spiro atoms. The van der Waals surface area contributed by atoms with Crippen LogP contribution in [0.15, 0.2) is 29.4 Å². The topological polar surface area (TPSA) is 81.8 Å². The third kappa shape index (κ3) is 6.66. The maximum atomic E-state index is 11.8. The maximum Gasteiger partial charge on any atom is 0.409 e. The Morgan fingerprint density at radius 1 is 1.33 bits per heavy atom. The van der Waals surface area contributed by atoms with E-state index in [1.165, 1.54) is 5.56 Å². The minimum atomic E-state index is -0.217. The second-order valence-electron chi connectivity index (χ2n) is 7.12. The molecule has 0 bridgehead atoms. The Balaban J connectivity index is 0.00000320. The molecule has 3 rings (SSSR count). The molecule has 166 valence electrons. The predicted molar refractivity (Wildman–Crippen MR) is 133 cm³/mol. The first kappa shape index (κ1) is 24.6. The summed E-state index contributed by atoms with van der Waals surface area (Å²) in [5.74, 6) is 0.819. The number of rotatable bonds is 6. The van der Waals surface area contributed by atoms with E-state index in [1.807, 2.05) is 31.3 Å². The van der Waals surface area contributed by atoms with Crippen molar-refractivity contribution in [2.75, 3.05) is 32.8 Å². The second-order valence-corrected chi connectivity index (χ2v) is 7.56. The van der Waals surface area contributed by atoms with E-state index in [-0.39, 0.29) is 30.1 Å². The van der Waals surface area contributed by atoms with E-state index >= 15 is 0 Å². The van der Waals surface area contributed by atoms with Gasteiger partial charge in [-0.05, 0) is 56.9 Å². The van der Waals surface area contributed by atoms with Crippen LogP contribution in [-0.2, 0) is 11.2 Å². The number of aromatic nitrogens is 1. The van der Waals surface area contributed by atoms with E-state index in [4.69, 9.17) is 21.3 Å². The molecule has 2 aromatic rings. The third-order valence-electron chi connectivity index (χ3n) is 5.09. The van der Waals surface area contributed by atoms with E-state index in [1.54, 1.807) is 4.90 Å². The minimum absolute atomic E-state index is 0. The van der Waals surface area contributed by atoms with Gasteiger partial charge in [0.1, 0.15) is 0 Å². The lowest BCUT2D eigenvalue weighted by Gasteiger charge is -2.32. The summed E-state index contributed by atoms with van der Waals surface area (Å²) in [6.45, 7) is 7.18. The van der Waals surface area contributed by atoms with Crippen molar-refractivity contribution in [2.45, 2.75) is 39.2 Å². The summed E-state index contributed by atoms with van der Waals surface area (Å²) in [6, 6.07) is 6.18. The van der Waals surface area contributed by atoms with Gasteiger partial charge in [0.05, 0.1) is 6.61 Å². The number of nitrogens with zero attached hydrogens (tertiary/aromatic N) is 2. The van der Waals surface area contributed by atoms with Crippen LogP contribution in [0.4, 0.5) is 4.79 Å². The molecule has 2 heterocycles. The number of guanidine groups is 1. The molecule has 1 aliphatic heterocycles. The summed E-state index contributed by atoms with van der Waals surface area (Å²) in [7, 11) is 0. The van der Waals surface area contributed by atoms with Crippen molar-refractivity contribution in [2.24, 2.45) is 4.99 Å². The zero-order chi connectivity index (χ0) is 20.6. The summed E-state index contributed by atoms with van der Waals surface area (Å²) in [5.41, 5.74) is 2.30. The highest BCUT2D eigenvalue weighted by atomic mass is 127. The smallest absolute Gasteiger partial charge is 0.409 e. The van der Waals surface area contributed by atoms with Crippen molar-refractivity contribution >= 4 is 58.5 Å². The Hall–Kier alpha value is -1.68. The number of H-pyrrole nitrogens is 1. The van der Waals surface area contributed by atoms with Crippen LogP contribution in [0.1, 0.15) is 32.3 Å². The number of likely N-dealkylation sites (tertiary alicyclic amines) is 1. The number of nitrogens with one attached hydrogen (secondary N) is 3. The van der Waals surface area contributed by atoms with Crippen LogP contribution in [-0.4, -0.2) is 60.8 Å². The fraction of sp³-hybridized carbons (Fsp3) is 0.524. The first-order valence-corrected chi connectivity index (χ1v) is 10.7. The summed E-state index contributed by atoms with van der Waals surface area (Å²) < 4.78 is 5.08. The predicted octanol–water partition coefficient (Wildman–Crippen LogP) is 4.16. The number of carbonyl (C=O) groups excluding carboxylic acids is 1. The van der Waals surface area contributed by atoms with Crippen molar-refractivity contribution in [1.82, 2.24) is 20.5 Å². The Labute approximate surface area is 200 Å². The number of amides is 1. The highest BCUT2D eigenvalue weighted by molar-refractivity contribution is 14.0. The van der Waals surface area contributed by atoms with E-state index < -0.39 is 0 Å². The van der Waals surface area contributed by atoms with Crippen molar-refractivity contribution in [3.05, 3.63) is 35.0 Å². The molecule has 1 aromatic carbocycles. The monoisotopic (exact) mass is 547 g/mol. The number of halogens is 2. The number of hydrogen-bond acceptors (Lipinski definition) is 3. The average molecular weight is 548 g/mol. The molecule has 1 aliphatic rings. The Morgan fingerprint density at radius 2 is 2.10 bits per heavy atom. The maximum absolute atomic E-state index is 11.8. The molecule has 1 aromatic heterocycles. The van der Waals surface area contributed by atoms with E-state index in [2.05, 4.69) is 22.5 Å². The quantitative estimate of drug-likeness (QED) is 0.288. The second kappa shape index (κ2) is 12.2. The van der Waals surface area contributed by atoms with E-state index in [0.29, 0.717) is 32.3 Å². The summed E-state index contributed by atoms with van der Waals surface area (Å²) in [4.78, 5) is 21.6. The number of hydrogen-bond donors (Lipinski definition) is 3. The lowest BCUT2D eigenvalue weighted by Crippen LogP contribution is -2.50. The zero-order valence-corrected chi connectivity index (χ0v) is 20.6. The van der Waals surface area contributed by atoms with Crippen molar-refractivity contribution in [1.29, 1.82) is 0 Å². The van der Waals surface area contributed by atoms with Gasteiger partial charge in [0.15, 0.2) is 5.96 Å². The number of benzene rings is 1. The van der Waals surface area contributed by atoms with Gasteiger partial charge in [0.2, 0.25) is 0 Å². The summed E-state index contributed by atoms with van der Waals surface area (Å²) in [5, 5.41) is 8.71. The molecule has 9 heteroatoms. The van der Waals surface area contributed by atoms with Gasteiger partial charge in [-0.25, -0.2) is 4.79 Å². The van der Waals surface area contributed by atoms with Gasteiger partial charge in [-0.2, -0.15) is 0 Å². The molecule has 1 amide bonds. The molecular weight excluding hydrogens is 517 g/mol. The first-order chi connectivity index (χ1) is 14.1. The third-order valence-corrected chi connectivity index (χ3v) is 5.32. The van der Waals surface area contributed by atoms with Gasteiger partial charge < -0.3 is 25.3 Å². The van der Waals surface area contributed by atoms with E-state index in [9.17, 15) is 4.79 Å². The van der Waals surface area contributed by atoms with Crippen LogP contribution in [0.25, 0.3) is 10.9 Å². The average Bonchev–Trinajstić information content (AvgIpc) is 3.11. The minimum Gasteiger partial charge on any atom is -0.450 e. The molecule has 3 N–H and O–H groups in total. The molecule has 1 saturated heterocycles. The summed E-state index contributed by atoms with van der Waals surface area (Å²) in [6.07, 6.45) is 4.40. The van der Waals surface area contributed by atoms with Gasteiger partial charge in [0, 0.05) is 54.3 Å². The molecule has 0 atom stereocenters. The van der Waals surface area contributed by atoms with Gasteiger partial charge in [0.25, 0.3) is 0 Å². The van der Waals surface area contributed by atoms with Gasteiger partial charge in [-0.1, -0.05) is 11.6 Å². The van der Waals surface area contributed by atoms with Gasteiger partial charge in [-0.3, -0.25) is 4.99 Å². The number of carbonyl (C=O) groups is 1. The molecule has 7 nitrogen and oxygen atoms in total. The standard InChI is InChI=1S/C21H30ClN5O2.HI/c1-3-23-20(26-17-8-11-27(12-9-17)21(28)29-4-2)24-10-7-15-14-25-19-6-5-16(22)13-18(15)19;/h5-6,13-14,17,25H,3-4,7-12H2,1-2H3,(H2,23,24,26);1H. The van der Waals surface area contributed by atoms with Crippen molar-refractivity contribution in [3.63, 3.8) is 0 Å². The van der Waals surface area contributed by atoms with Gasteiger partial charge >= 0.3 is 6.09 Å². The number of aliphatic imine (C=N–C) groups is 1. The van der Waals surface area contributed by atoms with Crippen LogP contribution >= 0.6 is 35.6 Å². The first-order valence-electron chi connectivity index (χ1n) is 10.3. The molecule has 0 aliphatic carbocycles. The Kier molecular flexibility index (Phi) is 10.0. The zero-order valence-electron chi connectivity index (χ0n) is 17.5. The van der Waals surface area contributed by atoms with Gasteiger partial charge in [-0.15, -0.1) is 24.0 Å². The number of fused-ring (bicyclic) bond motifs is 1. The molecular formula is C21H31ClIN5O2. The SMILES string of the molecule is CCNC(=NCCc1c[nH]c2ccc(Cl)cc12)NC1CCN(C(=O)OCC)CC1.I. The van der Waals surface area contributed by atoms with Crippen LogP contribution in [0.5, 0.6) is 0 Å². The van der Waals surface area contributed by atoms with Crippen LogP contribution in [0.3, 0.4) is 0 Å². The summed E-state index contributed by atoms with van der Waals surface area (Å²) >= 11 is 6.14. The highest BCUT2D eigenvalue weighted by Gasteiger charge is 2.24. The Morgan fingerprint density at radius 3 is 2.80 bits per heavy atom. The van der Waals surface area contributed by atoms with Crippen LogP contribution in [0.2, 0.25) is 5.02 Å². The normalized spacial score (nSPS) is 15.0.